The molecule has 0 spiro atoms. The third-order valence-electron chi connectivity index (χ3n) is 3.74. The molecule has 0 aromatic heterocycles. The van der Waals surface area contributed by atoms with Gasteiger partial charge in [0.25, 0.3) is 0 Å². The second-order valence-corrected chi connectivity index (χ2v) is 5.37. The molecule has 1 saturated carbocycles. The van der Waals surface area contributed by atoms with E-state index in [0.717, 1.165) is 19.3 Å². The van der Waals surface area contributed by atoms with Gasteiger partial charge in [-0.25, -0.2) is 0 Å². The second kappa shape index (κ2) is 5.53. The van der Waals surface area contributed by atoms with E-state index in [-0.39, 0.29) is 17.5 Å². The Morgan fingerprint density at radius 2 is 2.06 bits per heavy atom. The standard InChI is InChI=1S/C15H22N2O/c1-12(16)8-9-14(18)17-15(10-5-11-15)13-6-3-2-4-7-13/h2-4,6-7,12H,5,8-11,16H2,1H3,(H,17,18). The van der Waals surface area contributed by atoms with Crippen molar-refractivity contribution in [1.29, 1.82) is 0 Å². The van der Waals surface area contributed by atoms with E-state index < -0.39 is 0 Å². The number of nitrogens with one attached hydrogen (secondary N) is 1. The smallest absolute Gasteiger partial charge is 0.220 e. The van der Waals surface area contributed by atoms with E-state index in [4.69, 9.17) is 5.73 Å². The van der Waals surface area contributed by atoms with Crippen LogP contribution in [0.5, 0.6) is 0 Å². The van der Waals surface area contributed by atoms with Crippen LogP contribution in [-0.4, -0.2) is 11.9 Å². The molecule has 3 heteroatoms. The van der Waals surface area contributed by atoms with Gasteiger partial charge < -0.3 is 11.1 Å². The van der Waals surface area contributed by atoms with Crippen molar-refractivity contribution in [3.63, 3.8) is 0 Å². The Bertz CT molecular complexity index is 396. The Morgan fingerprint density at radius 3 is 2.56 bits per heavy atom. The van der Waals surface area contributed by atoms with Gasteiger partial charge in [-0.15, -0.1) is 0 Å². The highest BCUT2D eigenvalue weighted by Gasteiger charge is 2.39. The van der Waals surface area contributed by atoms with Crippen molar-refractivity contribution in [2.45, 2.75) is 50.6 Å². The molecule has 1 atom stereocenters. The van der Waals surface area contributed by atoms with Crippen molar-refractivity contribution >= 4 is 5.91 Å². The van der Waals surface area contributed by atoms with Crippen LogP contribution in [0.2, 0.25) is 0 Å². The summed E-state index contributed by atoms with van der Waals surface area (Å²) >= 11 is 0. The lowest BCUT2D eigenvalue weighted by molar-refractivity contribution is -0.124. The minimum atomic E-state index is -0.115. The first kappa shape index (κ1) is 13.1. The quantitative estimate of drug-likeness (QED) is 0.837. The number of rotatable bonds is 5. The second-order valence-electron chi connectivity index (χ2n) is 5.37. The minimum absolute atomic E-state index is 0.0878. The molecule has 1 aromatic carbocycles. The molecule has 0 radical (unpaired) electrons. The topological polar surface area (TPSA) is 55.1 Å². The Hall–Kier alpha value is -1.35. The van der Waals surface area contributed by atoms with Crippen LogP contribution < -0.4 is 11.1 Å². The highest BCUT2D eigenvalue weighted by atomic mass is 16.1. The summed E-state index contributed by atoms with van der Waals surface area (Å²) in [6.45, 7) is 1.93. The zero-order valence-corrected chi connectivity index (χ0v) is 11.0. The van der Waals surface area contributed by atoms with Crippen molar-refractivity contribution < 1.29 is 4.79 Å². The maximum atomic E-state index is 12.0. The fraction of sp³-hybridized carbons (Fsp3) is 0.533. The van der Waals surface area contributed by atoms with Crippen molar-refractivity contribution in [1.82, 2.24) is 5.32 Å². The molecule has 0 heterocycles. The van der Waals surface area contributed by atoms with E-state index in [1.54, 1.807) is 0 Å². The summed E-state index contributed by atoms with van der Waals surface area (Å²) in [7, 11) is 0. The maximum absolute atomic E-state index is 12.0. The van der Waals surface area contributed by atoms with Crippen molar-refractivity contribution in [3.05, 3.63) is 35.9 Å². The molecule has 18 heavy (non-hydrogen) atoms. The summed E-state index contributed by atoms with van der Waals surface area (Å²) < 4.78 is 0. The van der Waals surface area contributed by atoms with Gasteiger partial charge in [0.15, 0.2) is 0 Å². The summed E-state index contributed by atoms with van der Waals surface area (Å²) in [4.78, 5) is 12.0. The first-order chi connectivity index (χ1) is 8.62. The van der Waals surface area contributed by atoms with Crippen LogP contribution in [0.3, 0.4) is 0 Å². The first-order valence-corrected chi connectivity index (χ1v) is 6.74. The van der Waals surface area contributed by atoms with E-state index in [1.807, 2.05) is 25.1 Å². The molecular weight excluding hydrogens is 224 g/mol. The lowest BCUT2D eigenvalue weighted by atomic mass is 9.71. The molecule has 0 aliphatic heterocycles. The molecule has 0 saturated heterocycles. The van der Waals surface area contributed by atoms with E-state index in [0.29, 0.717) is 6.42 Å². The zero-order chi connectivity index (χ0) is 13.0. The highest BCUT2D eigenvalue weighted by molar-refractivity contribution is 5.77. The first-order valence-electron chi connectivity index (χ1n) is 6.74. The maximum Gasteiger partial charge on any atom is 0.220 e. The largest absolute Gasteiger partial charge is 0.347 e. The molecule has 1 fully saturated rings. The molecule has 3 N–H and O–H groups in total. The lowest BCUT2D eigenvalue weighted by Crippen LogP contribution is -2.50. The lowest BCUT2D eigenvalue weighted by Gasteiger charge is -2.43. The average molecular weight is 246 g/mol. The molecular formula is C15H22N2O. The van der Waals surface area contributed by atoms with Crippen molar-refractivity contribution in [2.75, 3.05) is 0 Å². The Kier molecular flexibility index (Phi) is 4.02. The number of carbonyl (C=O) groups is 1. The summed E-state index contributed by atoms with van der Waals surface area (Å²) in [5.41, 5.74) is 6.79. The molecule has 0 bridgehead atoms. The fourth-order valence-corrected chi connectivity index (χ4v) is 2.46. The predicted octanol–water partition coefficient (Wildman–Crippen LogP) is 2.31. The molecule has 1 aliphatic carbocycles. The Labute approximate surface area is 109 Å². The molecule has 1 unspecified atom stereocenters. The van der Waals surface area contributed by atoms with Crippen LogP contribution in [-0.2, 0) is 10.3 Å². The summed E-state index contributed by atoms with van der Waals surface area (Å²) in [5, 5.41) is 3.21. The predicted molar refractivity (Wildman–Crippen MR) is 73.0 cm³/mol. The molecule has 1 amide bonds. The SMILES string of the molecule is CC(N)CCC(=O)NC1(c2ccccc2)CCC1. The normalized spacial score (nSPS) is 18.8. The number of amides is 1. The Balaban J connectivity index is 1.99. The van der Waals surface area contributed by atoms with Crippen LogP contribution in [0, 0.1) is 0 Å². The summed E-state index contributed by atoms with van der Waals surface area (Å²) in [6, 6.07) is 10.4. The van der Waals surface area contributed by atoms with Gasteiger partial charge in [-0.3, -0.25) is 4.79 Å². The van der Waals surface area contributed by atoms with Gasteiger partial charge in [0.2, 0.25) is 5.91 Å². The van der Waals surface area contributed by atoms with Gasteiger partial charge in [-0.1, -0.05) is 30.3 Å². The summed E-state index contributed by atoms with van der Waals surface area (Å²) in [5.74, 6) is 0.121. The third-order valence-corrected chi connectivity index (χ3v) is 3.74. The van der Waals surface area contributed by atoms with Gasteiger partial charge in [0.1, 0.15) is 0 Å². The van der Waals surface area contributed by atoms with Gasteiger partial charge in [0.05, 0.1) is 5.54 Å². The molecule has 3 nitrogen and oxygen atoms in total. The number of carbonyl (C=O) groups excluding carboxylic acids is 1. The molecule has 98 valence electrons. The number of nitrogens with two attached hydrogens (primary N) is 1. The molecule has 1 aliphatic rings. The van der Waals surface area contributed by atoms with Crippen LogP contribution >= 0.6 is 0 Å². The highest BCUT2D eigenvalue weighted by Crippen LogP contribution is 2.41. The number of hydrogen-bond acceptors (Lipinski definition) is 2. The van der Waals surface area contributed by atoms with Gasteiger partial charge >= 0.3 is 0 Å². The van der Waals surface area contributed by atoms with E-state index >= 15 is 0 Å². The molecule has 1 aromatic rings. The van der Waals surface area contributed by atoms with Gasteiger partial charge in [0, 0.05) is 12.5 Å². The minimum Gasteiger partial charge on any atom is -0.347 e. The van der Waals surface area contributed by atoms with Crippen molar-refractivity contribution in [3.8, 4) is 0 Å². The summed E-state index contributed by atoms with van der Waals surface area (Å²) in [6.07, 6.45) is 4.54. The third kappa shape index (κ3) is 2.91. The monoisotopic (exact) mass is 246 g/mol. The van der Waals surface area contributed by atoms with Crippen LogP contribution in [0.15, 0.2) is 30.3 Å². The number of benzene rings is 1. The van der Waals surface area contributed by atoms with Gasteiger partial charge in [-0.2, -0.15) is 0 Å². The van der Waals surface area contributed by atoms with Crippen LogP contribution in [0.4, 0.5) is 0 Å². The number of hydrogen-bond donors (Lipinski definition) is 2. The van der Waals surface area contributed by atoms with Crippen LogP contribution in [0.25, 0.3) is 0 Å². The average Bonchev–Trinajstić information content (AvgIpc) is 2.32. The van der Waals surface area contributed by atoms with E-state index in [1.165, 1.54) is 12.0 Å². The molecule has 2 rings (SSSR count). The van der Waals surface area contributed by atoms with Gasteiger partial charge in [-0.05, 0) is 38.2 Å². The van der Waals surface area contributed by atoms with E-state index in [9.17, 15) is 4.79 Å². The van der Waals surface area contributed by atoms with Crippen molar-refractivity contribution in [2.24, 2.45) is 5.73 Å². The fourth-order valence-electron chi connectivity index (χ4n) is 2.46. The zero-order valence-electron chi connectivity index (χ0n) is 11.0. The van der Waals surface area contributed by atoms with E-state index in [2.05, 4.69) is 17.4 Å². The van der Waals surface area contributed by atoms with Crippen LogP contribution in [0.1, 0.15) is 44.6 Å². The Morgan fingerprint density at radius 1 is 1.39 bits per heavy atom.